The van der Waals surface area contributed by atoms with Gasteiger partial charge in [-0.25, -0.2) is 9.97 Å². The zero-order chi connectivity index (χ0) is 17.9. The van der Waals surface area contributed by atoms with Gasteiger partial charge in [-0.2, -0.15) is 0 Å². The highest BCUT2D eigenvalue weighted by atomic mass is 16.5. The first-order valence-corrected chi connectivity index (χ1v) is 8.57. The third kappa shape index (κ3) is 3.09. The van der Waals surface area contributed by atoms with Crippen LogP contribution >= 0.6 is 0 Å². The van der Waals surface area contributed by atoms with Crippen LogP contribution in [0.3, 0.4) is 0 Å². The van der Waals surface area contributed by atoms with Crippen molar-refractivity contribution >= 4 is 33.8 Å². The predicted octanol–water partition coefficient (Wildman–Crippen LogP) is 1.59. The molecule has 3 aromatic rings. The van der Waals surface area contributed by atoms with Gasteiger partial charge >= 0.3 is 0 Å². The number of para-hydroxylation sites is 1. The van der Waals surface area contributed by atoms with E-state index in [4.69, 9.17) is 13.9 Å². The first-order valence-electron chi connectivity index (χ1n) is 8.57. The lowest BCUT2D eigenvalue weighted by Crippen LogP contribution is -2.37. The number of anilines is 1. The number of rotatable bonds is 5. The molecule has 3 heterocycles. The summed E-state index contributed by atoms with van der Waals surface area (Å²) in [5.41, 5.74) is 1.97. The molecule has 0 bridgehead atoms. The number of carbonyl (C=O) groups is 1. The molecule has 0 radical (unpaired) electrons. The molecule has 4 rings (SSSR count). The summed E-state index contributed by atoms with van der Waals surface area (Å²) in [4.78, 5) is 23.6. The SMILES string of the molecule is COCCNC(=O)c1nc(N2CCOCC2)c2oc3ccccc3c2n1. The number of hydrogen-bond donors (Lipinski definition) is 1. The topological polar surface area (TPSA) is 89.7 Å². The zero-order valence-corrected chi connectivity index (χ0v) is 14.5. The van der Waals surface area contributed by atoms with E-state index in [9.17, 15) is 4.79 Å². The van der Waals surface area contributed by atoms with E-state index < -0.39 is 0 Å². The lowest BCUT2D eigenvalue weighted by atomic mass is 10.2. The Bertz CT molecular complexity index is 933. The minimum Gasteiger partial charge on any atom is -0.450 e. The highest BCUT2D eigenvalue weighted by Gasteiger charge is 2.23. The van der Waals surface area contributed by atoms with Crippen molar-refractivity contribution in [2.75, 3.05) is 51.5 Å². The number of benzene rings is 1. The van der Waals surface area contributed by atoms with Crippen molar-refractivity contribution in [3.8, 4) is 0 Å². The van der Waals surface area contributed by atoms with E-state index in [2.05, 4.69) is 20.2 Å². The third-order valence-electron chi connectivity index (χ3n) is 4.31. The number of furan rings is 1. The van der Waals surface area contributed by atoms with Gasteiger partial charge in [0.2, 0.25) is 5.82 Å². The summed E-state index contributed by atoms with van der Waals surface area (Å²) in [6.45, 7) is 3.43. The molecule has 0 unspecified atom stereocenters. The molecule has 1 amide bonds. The van der Waals surface area contributed by atoms with Crippen molar-refractivity contribution in [2.24, 2.45) is 0 Å². The second-order valence-electron chi connectivity index (χ2n) is 5.99. The molecule has 1 N–H and O–H groups in total. The van der Waals surface area contributed by atoms with Gasteiger partial charge in [-0.3, -0.25) is 4.79 Å². The van der Waals surface area contributed by atoms with Crippen LogP contribution in [0, 0.1) is 0 Å². The summed E-state index contributed by atoms with van der Waals surface area (Å²) >= 11 is 0. The van der Waals surface area contributed by atoms with E-state index in [0.29, 0.717) is 56.4 Å². The van der Waals surface area contributed by atoms with Gasteiger partial charge in [0.15, 0.2) is 11.4 Å². The molecule has 8 heteroatoms. The van der Waals surface area contributed by atoms with Gasteiger partial charge in [0, 0.05) is 32.1 Å². The van der Waals surface area contributed by atoms with Crippen molar-refractivity contribution in [3.05, 3.63) is 30.1 Å². The Morgan fingerprint density at radius 3 is 2.88 bits per heavy atom. The molecule has 136 valence electrons. The van der Waals surface area contributed by atoms with Crippen LogP contribution in [-0.2, 0) is 9.47 Å². The van der Waals surface area contributed by atoms with Gasteiger partial charge in [-0.05, 0) is 12.1 Å². The Kier molecular flexibility index (Phi) is 4.68. The number of nitrogens with one attached hydrogen (secondary N) is 1. The molecule has 0 atom stereocenters. The van der Waals surface area contributed by atoms with Crippen molar-refractivity contribution in [3.63, 3.8) is 0 Å². The lowest BCUT2D eigenvalue weighted by Gasteiger charge is -2.27. The number of morpholine rings is 1. The molecule has 1 aliphatic heterocycles. The highest BCUT2D eigenvalue weighted by Crippen LogP contribution is 2.33. The average Bonchev–Trinajstić information content (AvgIpc) is 3.06. The zero-order valence-electron chi connectivity index (χ0n) is 14.5. The standard InChI is InChI=1S/C18H20N4O4/c1-24-9-6-19-18(23)16-20-14-12-4-2-3-5-13(12)26-15(14)17(21-16)22-7-10-25-11-8-22/h2-5H,6-11H2,1H3,(H,19,23). The van der Waals surface area contributed by atoms with E-state index in [1.54, 1.807) is 7.11 Å². The molecule has 2 aromatic heterocycles. The van der Waals surface area contributed by atoms with Gasteiger partial charge in [0.25, 0.3) is 5.91 Å². The second kappa shape index (κ2) is 7.27. The van der Waals surface area contributed by atoms with Crippen LogP contribution in [0.2, 0.25) is 0 Å². The van der Waals surface area contributed by atoms with Crippen molar-refractivity contribution < 1.29 is 18.7 Å². The maximum Gasteiger partial charge on any atom is 0.289 e. The number of nitrogens with zero attached hydrogens (tertiary/aromatic N) is 3. The largest absolute Gasteiger partial charge is 0.450 e. The number of methoxy groups -OCH3 is 1. The summed E-state index contributed by atoms with van der Waals surface area (Å²) in [5.74, 6) is 0.428. The lowest BCUT2D eigenvalue weighted by molar-refractivity contribution is 0.0927. The second-order valence-corrected chi connectivity index (χ2v) is 5.99. The number of aromatic nitrogens is 2. The minimum absolute atomic E-state index is 0.127. The van der Waals surface area contributed by atoms with Crippen LogP contribution in [0.4, 0.5) is 5.82 Å². The number of carbonyl (C=O) groups excluding carboxylic acids is 1. The molecule has 1 aliphatic rings. The molecule has 0 spiro atoms. The number of fused-ring (bicyclic) bond motifs is 3. The quantitative estimate of drug-likeness (QED) is 0.694. The smallest absolute Gasteiger partial charge is 0.289 e. The summed E-state index contributed by atoms with van der Waals surface area (Å²) in [6, 6.07) is 7.65. The van der Waals surface area contributed by atoms with Gasteiger partial charge < -0.3 is 24.1 Å². The normalized spacial score (nSPS) is 14.9. The highest BCUT2D eigenvalue weighted by molar-refractivity contribution is 6.07. The van der Waals surface area contributed by atoms with Gasteiger partial charge in [0.05, 0.1) is 19.8 Å². The molecule has 1 fully saturated rings. The van der Waals surface area contributed by atoms with E-state index in [0.717, 1.165) is 11.0 Å². The molecule has 8 nitrogen and oxygen atoms in total. The van der Waals surface area contributed by atoms with E-state index in [1.165, 1.54) is 0 Å². The van der Waals surface area contributed by atoms with Crippen molar-refractivity contribution in [2.45, 2.75) is 0 Å². The number of amides is 1. The third-order valence-corrected chi connectivity index (χ3v) is 4.31. The Hall–Kier alpha value is -2.71. The molecular formula is C18H20N4O4. The van der Waals surface area contributed by atoms with E-state index >= 15 is 0 Å². The Balaban J connectivity index is 1.82. The Morgan fingerprint density at radius 2 is 2.08 bits per heavy atom. The summed E-state index contributed by atoms with van der Waals surface area (Å²) in [6.07, 6.45) is 0. The average molecular weight is 356 g/mol. The van der Waals surface area contributed by atoms with Gasteiger partial charge in [-0.15, -0.1) is 0 Å². The molecular weight excluding hydrogens is 336 g/mol. The van der Waals surface area contributed by atoms with Crippen molar-refractivity contribution in [1.29, 1.82) is 0 Å². The molecule has 1 aromatic carbocycles. The fourth-order valence-electron chi connectivity index (χ4n) is 3.01. The molecule has 0 aliphatic carbocycles. The van der Waals surface area contributed by atoms with Crippen LogP contribution in [0.1, 0.15) is 10.6 Å². The summed E-state index contributed by atoms with van der Waals surface area (Å²) in [7, 11) is 1.59. The minimum atomic E-state index is -0.330. The van der Waals surface area contributed by atoms with Crippen LogP contribution in [0.5, 0.6) is 0 Å². The van der Waals surface area contributed by atoms with E-state index in [-0.39, 0.29) is 11.7 Å². The van der Waals surface area contributed by atoms with Crippen LogP contribution in [0.15, 0.2) is 28.7 Å². The summed E-state index contributed by atoms with van der Waals surface area (Å²) in [5, 5.41) is 3.64. The van der Waals surface area contributed by atoms with E-state index in [1.807, 2.05) is 24.3 Å². The Morgan fingerprint density at radius 1 is 1.27 bits per heavy atom. The maximum absolute atomic E-state index is 12.5. The summed E-state index contributed by atoms with van der Waals surface area (Å²) < 4.78 is 16.4. The van der Waals surface area contributed by atoms with Crippen molar-refractivity contribution in [1.82, 2.24) is 15.3 Å². The number of ether oxygens (including phenoxy) is 2. The van der Waals surface area contributed by atoms with Gasteiger partial charge in [0.1, 0.15) is 11.1 Å². The number of hydrogen-bond acceptors (Lipinski definition) is 7. The van der Waals surface area contributed by atoms with Crippen LogP contribution in [0.25, 0.3) is 22.1 Å². The fourth-order valence-corrected chi connectivity index (χ4v) is 3.01. The first kappa shape index (κ1) is 16.7. The fraction of sp³-hybridized carbons (Fsp3) is 0.389. The molecule has 1 saturated heterocycles. The monoisotopic (exact) mass is 356 g/mol. The van der Waals surface area contributed by atoms with Gasteiger partial charge in [-0.1, -0.05) is 12.1 Å². The molecule has 0 saturated carbocycles. The molecule has 26 heavy (non-hydrogen) atoms. The van der Waals surface area contributed by atoms with Crippen LogP contribution < -0.4 is 10.2 Å². The first-order chi connectivity index (χ1) is 12.8. The maximum atomic E-state index is 12.5. The van der Waals surface area contributed by atoms with Crippen LogP contribution in [-0.4, -0.2) is 62.4 Å². The Labute approximate surface area is 150 Å². The predicted molar refractivity (Wildman–Crippen MR) is 96.6 cm³/mol.